The van der Waals surface area contributed by atoms with Crippen molar-refractivity contribution in [1.29, 1.82) is 0 Å². The molecule has 2 amide bonds. The summed E-state index contributed by atoms with van der Waals surface area (Å²) >= 11 is 1.38. The lowest BCUT2D eigenvalue weighted by Crippen LogP contribution is -2.38. The van der Waals surface area contributed by atoms with Crippen LogP contribution in [0.1, 0.15) is 22.2 Å². The predicted molar refractivity (Wildman–Crippen MR) is 123 cm³/mol. The minimum Gasteiger partial charge on any atom is -0.493 e. The van der Waals surface area contributed by atoms with Crippen LogP contribution in [0.15, 0.2) is 36.4 Å². The van der Waals surface area contributed by atoms with Crippen LogP contribution in [0.3, 0.4) is 0 Å². The van der Waals surface area contributed by atoms with Gasteiger partial charge in [-0.2, -0.15) is 0 Å². The van der Waals surface area contributed by atoms with Crippen LogP contribution in [-0.4, -0.2) is 44.2 Å². The first-order valence-electron chi connectivity index (χ1n) is 10.0. The number of hydrogen-bond donors (Lipinski definition) is 1. The van der Waals surface area contributed by atoms with Crippen LogP contribution in [0.2, 0.25) is 0 Å². The first-order chi connectivity index (χ1) is 15.4. The van der Waals surface area contributed by atoms with Crippen molar-refractivity contribution in [1.82, 2.24) is 4.98 Å². The number of carbonyl (C=O) groups is 2. The third kappa shape index (κ3) is 3.99. The van der Waals surface area contributed by atoms with Crippen LogP contribution in [0.25, 0.3) is 11.3 Å². The number of benzene rings is 2. The number of ether oxygens (including phenoxy) is 3. The second kappa shape index (κ2) is 8.88. The van der Waals surface area contributed by atoms with Gasteiger partial charge >= 0.3 is 0 Å². The molecule has 4 rings (SSSR count). The summed E-state index contributed by atoms with van der Waals surface area (Å²) in [6, 6.07) is 10.6. The molecule has 0 aliphatic carbocycles. The Hall–Kier alpha value is -3.59. The van der Waals surface area contributed by atoms with Gasteiger partial charge in [0.15, 0.2) is 23.2 Å². The Morgan fingerprint density at radius 2 is 1.97 bits per heavy atom. The van der Waals surface area contributed by atoms with E-state index in [-0.39, 0.29) is 18.4 Å². The first kappa shape index (κ1) is 21.6. The van der Waals surface area contributed by atoms with E-state index < -0.39 is 0 Å². The normalized spacial score (nSPS) is 12.8. The molecule has 1 aliphatic heterocycles. The van der Waals surface area contributed by atoms with Crippen molar-refractivity contribution in [2.75, 3.05) is 37.6 Å². The number of nitrogens with one attached hydrogen (secondary N) is 1. The minimum atomic E-state index is -0.298. The molecule has 1 aromatic heterocycles. The standard InChI is InChI=1S/C23H23N3O5S/c1-5-26-16-10-14(6-8-17(16)31-12-20(26)27)21-13(2)32-23(24-21)25-22(28)15-7-9-18(29-3)19(11-15)30-4/h6-11H,5,12H2,1-4H3,(H,24,25,28). The van der Waals surface area contributed by atoms with Crippen molar-refractivity contribution in [2.24, 2.45) is 0 Å². The quantitative estimate of drug-likeness (QED) is 0.604. The molecule has 166 valence electrons. The van der Waals surface area contributed by atoms with E-state index in [1.807, 2.05) is 32.0 Å². The summed E-state index contributed by atoms with van der Waals surface area (Å²) in [4.78, 5) is 32.2. The van der Waals surface area contributed by atoms with Crippen LogP contribution in [0, 0.1) is 6.92 Å². The van der Waals surface area contributed by atoms with Gasteiger partial charge in [-0.15, -0.1) is 11.3 Å². The number of likely N-dealkylation sites (N-methyl/N-ethyl adjacent to an activating group) is 1. The average molecular weight is 454 g/mol. The number of anilines is 2. The molecule has 32 heavy (non-hydrogen) atoms. The van der Waals surface area contributed by atoms with Gasteiger partial charge in [0.2, 0.25) is 0 Å². The zero-order valence-electron chi connectivity index (χ0n) is 18.2. The minimum absolute atomic E-state index is 0.0439. The molecule has 0 bridgehead atoms. The van der Waals surface area contributed by atoms with Gasteiger partial charge in [0, 0.05) is 22.5 Å². The van der Waals surface area contributed by atoms with Gasteiger partial charge in [0.25, 0.3) is 11.8 Å². The Morgan fingerprint density at radius 1 is 1.19 bits per heavy atom. The lowest BCUT2D eigenvalue weighted by atomic mass is 10.1. The molecule has 9 heteroatoms. The van der Waals surface area contributed by atoms with Gasteiger partial charge in [0.1, 0.15) is 5.75 Å². The van der Waals surface area contributed by atoms with E-state index in [9.17, 15) is 9.59 Å². The van der Waals surface area contributed by atoms with Gasteiger partial charge in [-0.1, -0.05) is 0 Å². The largest absolute Gasteiger partial charge is 0.493 e. The second-order valence-corrected chi connectivity index (χ2v) is 8.26. The lowest BCUT2D eigenvalue weighted by Gasteiger charge is -2.28. The van der Waals surface area contributed by atoms with E-state index in [2.05, 4.69) is 10.3 Å². The molecular weight excluding hydrogens is 430 g/mol. The highest BCUT2D eigenvalue weighted by molar-refractivity contribution is 7.16. The van der Waals surface area contributed by atoms with Crippen LogP contribution in [0.5, 0.6) is 17.2 Å². The van der Waals surface area contributed by atoms with Gasteiger partial charge in [-0.05, 0) is 50.2 Å². The third-order valence-corrected chi connectivity index (χ3v) is 6.04. The van der Waals surface area contributed by atoms with Crippen LogP contribution < -0.4 is 24.4 Å². The monoisotopic (exact) mass is 453 g/mol. The Balaban J connectivity index is 1.60. The molecule has 0 radical (unpaired) electrons. The van der Waals surface area contributed by atoms with E-state index in [4.69, 9.17) is 14.2 Å². The number of thiazole rings is 1. The number of rotatable bonds is 6. The lowest BCUT2D eigenvalue weighted by molar-refractivity contribution is -0.121. The van der Waals surface area contributed by atoms with Gasteiger partial charge in [-0.3, -0.25) is 14.9 Å². The maximum absolute atomic E-state index is 12.7. The summed E-state index contributed by atoms with van der Waals surface area (Å²) in [5, 5.41) is 3.33. The van der Waals surface area contributed by atoms with Crippen molar-refractivity contribution in [2.45, 2.75) is 13.8 Å². The Morgan fingerprint density at radius 3 is 2.69 bits per heavy atom. The zero-order valence-corrected chi connectivity index (χ0v) is 19.0. The SMILES string of the molecule is CCN1C(=O)COc2ccc(-c3nc(NC(=O)c4ccc(OC)c(OC)c4)sc3C)cc21. The number of methoxy groups -OCH3 is 2. The predicted octanol–water partition coefficient (Wildman–Crippen LogP) is 4.13. The van der Waals surface area contributed by atoms with Gasteiger partial charge in [-0.25, -0.2) is 4.98 Å². The average Bonchev–Trinajstić information content (AvgIpc) is 3.17. The molecule has 3 aromatic rings. The fourth-order valence-corrected chi connectivity index (χ4v) is 4.39. The van der Waals surface area contributed by atoms with Crippen LogP contribution in [-0.2, 0) is 4.79 Å². The summed E-state index contributed by atoms with van der Waals surface area (Å²) in [5.74, 6) is 1.32. The molecular formula is C23H23N3O5S. The Labute approximate surface area is 189 Å². The molecule has 0 atom stereocenters. The van der Waals surface area contributed by atoms with Gasteiger partial charge in [0.05, 0.1) is 25.6 Å². The fourth-order valence-electron chi connectivity index (χ4n) is 3.56. The molecule has 0 saturated heterocycles. The molecule has 0 fully saturated rings. The van der Waals surface area contributed by atoms with Gasteiger partial charge < -0.3 is 19.1 Å². The Kier molecular flexibility index (Phi) is 6.00. The van der Waals surface area contributed by atoms with Crippen molar-refractivity contribution >= 4 is 34.0 Å². The topological polar surface area (TPSA) is 90.0 Å². The highest BCUT2D eigenvalue weighted by atomic mass is 32.1. The number of carbonyl (C=O) groups excluding carboxylic acids is 2. The maximum Gasteiger partial charge on any atom is 0.265 e. The Bertz CT molecular complexity index is 1190. The molecule has 0 saturated carbocycles. The van der Waals surface area contributed by atoms with E-state index in [1.54, 1.807) is 30.2 Å². The number of hydrogen-bond acceptors (Lipinski definition) is 7. The molecule has 0 unspecified atom stereocenters. The third-order valence-electron chi connectivity index (χ3n) is 5.15. The number of amides is 2. The van der Waals surface area contributed by atoms with Crippen molar-refractivity contribution in [3.8, 4) is 28.5 Å². The second-order valence-electron chi connectivity index (χ2n) is 7.06. The molecule has 1 N–H and O–H groups in total. The number of aryl methyl sites for hydroxylation is 1. The molecule has 1 aliphatic rings. The van der Waals surface area contributed by atoms with E-state index >= 15 is 0 Å². The summed E-state index contributed by atoms with van der Waals surface area (Å²) < 4.78 is 16.0. The van der Waals surface area contributed by atoms with Crippen molar-refractivity contribution in [3.63, 3.8) is 0 Å². The summed E-state index contributed by atoms with van der Waals surface area (Å²) in [5.41, 5.74) is 2.75. The van der Waals surface area contributed by atoms with Crippen LogP contribution >= 0.6 is 11.3 Å². The molecule has 8 nitrogen and oxygen atoms in total. The maximum atomic E-state index is 12.7. The van der Waals surface area contributed by atoms with Crippen molar-refractivity contribution < 1.29 is 23.8 Å². The zero-order chi connectivity index (χ0) is 22.8. The van der Waals surface area contributed by atoms with E-state index in [0.29, 0.717) is 34.5 Å². The first-order valence-corrected chi connectivity index (χ1v) is 10.8. The molecule has 0 spiro atoms. The molecule has 2 aromatic carbocycles. The fraction of sp³-hybridized carbons (Fsp3) is 0.261. The number of fused-ring (bicyclic) bond motifs is 1. The van der Waals surface area contributed by atoms with E-state index in [1.165, 1.54) is 18.4 Å². The highest BCUT2D eigenvalue weighted by Gasteiger charge is 2.25. The van der Waals surface area contributed by atoms with E-state index in [0.717, 1.165) is 21.8 Å². The number of aromatic nitrogens is 1. The number of nitrogens with zero attached hydrogens (tertiary/aromatic N) is 2. The highest BCUT2D eigenvalue weighted by Crippen LogP contribution is 2.38. The summed E-state index contributed by atoms with van der Waals surface area (Å²) in [6.07, 6.45) is 0. The molecule has 2 heterocycles. The van der Waals surface area contributed by atoms with Crippen LogP contribution in [0.4, 0.5) is 10.8 Å². The summed E-state index contributed by atoms with van der Waals surface area (Å²) in [7, 11) is 3.06. The smallest absolute Gasteiger partial charge is 0.265 e. The summed E-state index contributed by atoms with van der Waals surface area (Å²) in [6.45, 7) is 4.47. The van der Waals surface area contributed by atoms with Crippen molar-refractivity contribution in [3.05, 3.63) is 46.8 Å².